The fourth-order valence-corrected chi connectivity index (χ4v) is 3.26. The summed E-state index contributed by atoms with van der Waals surface area (Å²) in [4.78, 5) is 19.6. The molecule has 0 saturated carbocycles. The third-order valence-electron chi connectivity index (χ3n) is 4.96. The van der Waals surface area contributed by atoms with E-state index < -0.39 is 0 Å². The fourth-order valence-electron chi connectivity index (χ4n) is 3.26. The number of imidazole rings is 1. The molecule has 27 heavy (non-hydrogen) atoms. The van der Waals surface area contributed by atoms with Gasteiger partial charge < -0.3 is 14.0 Å². The highest BCUT2D eigenvalue weighted by molar-refractivity contribution is 5.93. The Labute approximate surface area is 159 Å². The van der Waals surface area contributed by atoms with Crippen LogP contribution in [0.4, 0.5) is 5.95 Å². The van der Waals surface area contributed by atoms with Crippen LogP contribution >= 0.6 is 0 Å². The number of fused-ring (bicyclic) bond motifs is 1. The van der Waals surface area contributed by atoms with Crippen LogP contribution in [0.2, 0.25) is 0 Å². The molecule has 1 N–H and O–H groups in total. The van der Waals surface area contributed by atoms with Crippen molar-refractivity contribution in [1.29, 1.82) is 0 Å². The molecule has 7 nitrogen and oxygen atoms in total. The van der Waals surface area contributed by atoms with E-state index in [1.807, 2.05) is 38.1 Å². The predicted octanol–water partition coefficient (Wildman–Crippen LogP) is 3.16. The molecule has 0 fully saturated rings. The first-order valence-corrected chi connectivity index (χ1v) is 9.42. The van der Waals surface area contributed by atoms with Gasteiger partial charge in [0.25, 0.3) is 0 Å². The highest BCUT2D eigenvalue weighted by Gasteiger charge is 2.17. The number of benzene rings is 1. The minimum atomic E-state index is -0.121. The first-order valence-electron chi connectivity index (χ1n) is 9.42. The Balaban J connectivity index is 1.82. The molecule has 0 aliphatic carbocycles. The Morgan fingerprint density at radius 1 is 1.22 bits per heavy atom. The second-order valence-corrected chi connectivity index (χ2v) is 6.63. The maximum atomic E-state index is 12.6. The molecule has 144 valence electrons. The molecular weight excluding hydrogens is 342 g/mol. The zero-order valence-corrected chi connectivity index (χ0v) is 16.5. The van der Waals surface area contributed by atoms with Gasteiger partial charge in [0.05, 0.1) is 23.1 Å². The molecule has 0 saturated heterocycles. The first kappa shape index (κ1) is 19.1. The van der Waals surface area contributed by atoms with Crippen LogP contribution < -0.4 is 5.32 Å². The minimum Gasteiger partial charge on any atom is -0.361 e. The van der Waals surface area contributed by atoms with E-state index in [2.05, 4.69) is 38.8 Å². The molecule has 0 atom stereocenters. The maximum absolute atomic E-state index is 12.6. The number of para-hydroxylation sites is 2. The average molecular weight is 369 g/mol. The van der Waals surface area contributed by atoms with Crippen LogP contribution in [0.5, 0.6) is 0 Å². The molecule has 0 bridgehead atoms. The lowest BCUT2D eigenvalue weighted by Crippen LogP contribution is -2.28. The van der Waals surface area contributed by atoms with Gasteiger partial charge >= 0.3 is 0 Å². The lowest BCUT2D eigenvalue weighted by atomic mass is 10.1. The van der Waals surface area contributed by atoms with Crippen LogP contribution in [0.25, 0.3) is 11.0 Å². The summed E-state index contributed by atoms with van der Waals surface area (Å²) < 4.78 is 7.23. The number of aromatic nitrogens is 3. The summed E-state index contributed by atoms with van der Waals surface area (Å²) in [5, 5.41) is 6.89. The van der Waals surface area contributed by atoms with Crippen molar-refractivity contribution in [2.45, 2.75) is 40.7 Å². The van der Waals surface area contributed by atoms with Gasteiger partial charge in [0, 0.05) is 18.7 Å². The standard InChI is InChI=1S/C20H27N5O2/c1-5-24(6-2)11-12-25-18-10-8-7-9-17(18)21-20(25)22-19(26)13-16-14(3)23-27-15(16)4/h7-10H,5-6,11-13H2,1-4H3,(H,21,22,26). The van der Waals surface area contributed by atoms with E-state index in [4.69, 9.17) is 4.52 Å². The van der Waals surface area contributed by atoms with E-state index in [9.17, 15) is 4.79 Å². The Kier molecular flexibility index (Phi) is 5.91. The number of rotatable bonds is 8. The zero-order valence-electron chi connectivity index (χ0n) is 16.5. The number of nitrogens with one attached hydrogen (secondary N) is 1. The number of aryl methyl sites for hydroxylation is 2. The van der Waals surface area contributed by atoms with Crippen molar-refractivity contribution in [1.82, 2.24) is 19.6 Å². The van der Waals surface area contributed by atoms with E-state index in [0.717, 1.165) is 48.5 Å². The van der Waals surface area contributed by atoms with Crippen LogP contribution in [0.3, 0.4) is 0 Å². The maximum Gasteiger partial charge on any atom is 0.231 e. The number of carbonyl (C=O) groups is 1. The van der Waals surface area contributed by atoms with Crippen LogP contribution in [0.15, 0.2) is 28.8 Å². The molecular formula is C20H27N5O2. The summed E-state index contributed by atoms with van der Waals surface area (Å²) in [5.41, 5.74) is 3.48. The van der Waals surface area contributed by atoms with Gasteiger partial charge in [-0.3, -0.25) is 10.1 Å². The average Bonchev–Trinajstić information content (AvgIpc) is 3.17. The van der Waals surface area contributed by atoms with Crippen molar-refractivity contribution in [3.8, 4) is 0 Å². The van der Waals surface area contributed by atoms with Crippen molar-refractivity contribution >= 4 is 22.9 Å². The van der Waals surface area contributed by atoms with Crippen molar-refractivity contribution in [2.24, 2.45) is 0 Å². The topological polar surface area (TPSA) is 76.2 Å². The molecule has 3 aromatic rings. The Morgan fingerprint density at radius 2 is 1.96 bits per heavy atom. The Morgan fingerprint density at radius 3 is 2.63 bits per heavy atom. The summed E-state index contributed by atoms with van der Waals surface area (Å²) in [5.74, 6) is 1.14. The summed E-state index contributed by atoms with van der Waals surface area (Å²) >= 11 is 0. The molecule has 2 aromatic heterocycles. The molecule has 0 spiro atoms. The highest BCUT2D eigenvalue weighted by Crippen LogP contribution is 2.20. The van der Waals surface area contributed by atoms with Gasteiger partial charge in [-0.25, -0.2) is 4.98 Å². The SMILES string of the molecule is CCN(CC)CCn1c(NC(=O)Cc2c(C)noc2C)nc2ccccc21. The summed E-state index contributed by atoms with van der Waals surface area (Å²) in [6.45, 7) is 11.6. The van der Waals surface area contributed by atoms with Gasteiger partial charge in [-0.15, -0.1) is 0 Å². The van der Waals surface area contributed by atoms with Crippen molar-refractivity contribution < 1.29 is 9.32 Å². The van der Waals surface area contributed by atoms with Gasteiger partial charge in [-0.1, -0.05) is 31.1 Å². The number of nitrogens with zero attached hydrogens (tertiary/aromatic N) is 4. The van der Waals surface area contributed by atoms with Crippen LogP contribution in [0, 0.1) is 13.8 Å². The lowest BCUT2D eigenvalue weighted by Gasteiger charge is -2.19. The molecule has 2 heterocycles. The van der Waals surface area contributed by atoms with Gasteiger partial charge in [-0.2, -0.15) is 0 Å². The number of anilines is 1. The molecule has 0 unspecified atom stereocenters. The smallest absolute Gasteiger partial charge is 0.231 e. The van der Waals surface area contributed by atoms with E-state index in [1.165, 1.54) is 0 Å². The fraction of sp³-hybridized carbons (Fsp3) is 0.450. The van der Waals surface area contributed by atoms with Crippen molar-refractivity contribution in [2.75, 3.05) is 25.0 Å². The third kappa shape index (κ3) is 4.19. The third-order valence-corrected chi connectivity index (χ3v) is 4.96. The Bertz CT molecular complexity index is 904. The van der Waals surface area contributed by atoms with E-state index in [-0.39, 0.29) is 12.3 Å². The minimum absolute atomic E-state index is 0.121. The van der Waals surface area contributed by atoms with E-state index in [1.54, 1.807) is 0 Å². The molecule has 1 aromatic carbocycles. The van der Waals surface area contributed by atoms with Crippen LogP contribution in [0.1, 0.15) is 30.9 Å². The number of hydrogen-bond donors (Lipinski definition) is 1. The normalized spacial score (nSPS) is 11.4. The lowest BCUT2D eigenvalue weighted by molar-refractivity contribution is -0.115. The highest BCUT2D eigenvalue weighted by atomic mass is 16.5. The Hall–Kier alpha value is -2.67. The number of hydrogen-bond acceptors (Lipinski definition) is 5. The number of carbonyl (C=O) groups excluding carboxylic acids is 1. The van der Waals surface area contributed by atoms with Crippen molar-refractivity contribution in [3.05, 3.63) is 41.3 Å². The molecule has 0 radical (unpaired) electrons. The predicted molar refractivity (Wildman–Crippen MR) is 106 cm³/mol. The molecule has 7 heteroatoms. The van der Waals surface area contributed by atoms with Gasteiger partial charge in [0.15, 0.2) is 0 Å². The monoisotopic (exact) mass is 369 g/mol. The zero-order chi connectivity index (χ0) is 19.4. The van der Waals surface area contributed by atoms with E-state index in [0.29, 0.717) is 11.7 Å². The quantitative estimate of drug-likeness (QED) is 0.660. The first-order chi connectivity index (χ1) is 13.0. The largest absolute Gasteiger partial charge is 0.361 e. The number of amides is 1. The van der Waals surface area contributed by atoms with Crippen LogP contribution in [-0.2, 0) is 17.8 Å². The second kappa shape index (κ2) is 8.35. The summed E-state index contributed by atoms with van der Waals surface area (Å²) in [7, 11) is 0. The molecule has 0 aliphatic rings. The van der Waals surface area contributed by atoms with Crippen molar-refractivity contribution in [3.63, 3.8) is 0 Å². The second-order valence-electron chi connectivity index (χ2n) is 6.63. The molecule has 1 amide bonds. The molecule has 0 aliphatic heterocycles. The molecule has 3 rings (SSSR count). The van der Waals surface area contributed by atoms with Gasteiger partial charge in [0.2, 0.25) is 11.9 Å². The van der Waals surface area contributed by atoms with E-state index >= 15 is 0 Å². The summed E-state index contributed by atoms with van der Waals surface area (Å²) in [6.07, 6.45) is 0.223. The van der Waals surface area contributed by atoms with Gasteiger partial charge in [0.1, 0.15) is 5.76 Å². The van der Waals surface area contributed by atoms with Crippen LogP contribution in [-0.4, -0.2) is 45.1 Å². The summed E-state index contributed by atoms with van der Waals surface area (Å²) in [6, 6.07) is 7.95. The van der Waals surface area contributed by atoms with Gasteiger partial charge in [-0.05, 0) is 39.1 Å². The number of likely N-dealkylation sites (N-methyl/N-ethyl adjacent to an activating group) is 1.